The lowest BCUT2D eigenvalue weighted by atomic mass is 10.2. The van der Waals surface area contributed by atoms with Crippen LogP contribution in [0.4, 0.5) is 5.69 Å². The second-order valence-corrected chi connectivity index (χ2v) is 4.78. The van der Waals surface area contributed by atoms with Crippen molar-refractivity contribution in [3.8, 4) is 0 Å². The van der Waals surface area contributed by atoms with Gasteiger partial charge in [-0.25, -0.2) is 0 Å². The van der Waals surface area contributed by atoms with E-state index in [1.54, 1.807) is 0 Å². The first-order valence-corrected chi connectivity index (χ1v) is 5.87. The highest BCUT2D eigenvalue weighted by Gasteiger charge is 2.33. The Morgan fingerprint density at radius 1 is 1.44 bits per heavy atom. The molecule has 2 N–H and O–H groups in total. The maximum absolute atomic E-state index is 5.82. The number of rotatable bonds is 2. The molecule has 0 radical (unpaired) electrons. The molecule has 0 bridgehead atoms. The minimum Gasteiger partial charge on any atom is -0.396 e. The van der Waals surface area contributed by atoms with Crippen molar-refractivity contribution >= 4 is 5.69 Å². The van der Waals surface area contributed by atoms with Gasteiger partial charge in [0.05, 0.1) is 36.7 Å². The number of aryl methyl sites for hydroxylation is 1. The summed E-state index contributed by atoms with van der Waals surface area (Å²) in [6.45, 7) is 5.98. The third-order valence-corrected chi connectivity index (χ3v) is 3.66. The average molecular weight is 222 g/mol. The predicted molar refractivity (Wildman–Crippen MR) is 61.2 cm³/mol. The van der Waals surface area contributed by atoms with Crippen LogP contribution in [0.5, 0.6) is 0 Å². The Kier molecular flexibility index (Phi) is 2.37. The zero-order chi connectivity index (χ0) is 11.1. The van der Waals surface area contributed by atoms with Gasteiger partial charge in [-0.2, -0.15) is 5.10 Å². The summed E-state index contributed by atoms with van der Waals surface area (Å²) in [5.41, 5.74) is 7.56. The van der Waals surface area contributed by atoms with Crippen molar-refractivity contribution in [3.05, 3.63) is 11.9 Å². The van der Waals surface area contributed by atoms with E-state index in [9.17, 15) is 0 Å². The van der Waals surface area contributed by atoms with Crippen LogP contribution >= 0.6 is 0 Å². The molecule has 3 rings (SSSR count). The van der Waals surface area contributed by atoms with Crippen LogP contribution in [0.25, 0.3) is 0 Å². The van der Waals surface area contributed by atoms with Crippen LogP contribution < -0.4 is 5.73 Å². The number of anilines is 1. The Hall–Kier alpha value is -1.07. The molecule has 0 aromatic carbocycles. The Morgan fingerprint density at radius 3 is 2.81 bits per heavy atom. The van der Waals surface area contributed by atoms with Crippen LogP contribution in [0.2, 0.25) is 0 Å². The summed E-state index contributed by atoms with van der Waals surface area (Å²) in [6, 6.07) is 1.12. The first kappa shape index (κ1) is 10.1. The molecule has 88 valence electrons. The van der Waals surface area contributed by atoms with Crippen LogP contribution in [0, 0.1) is 6.92 Å². The molecule has 2 fully saturated rings. The molecule has 2 aliphatic rings. The third kappa shape index (κ3) is 1.60. The molecular weight excluding hydrogens is 204 g/mol. The summed E-state index contributed by atoms with van der Waals surface area (Å²) < 4.78 is 7.26. The van der Waals surface area contributed by atoms with Gasteiger partial charge in [0.2, 0.25) is 0 Å². The van der Waals surface area contributed by atoms with Crippen molar-refractivity contribution in [1.82, 2.24) is 14.7 Å². The van der Waals surface area contributed by atoms with Gasteiger partial charge in [0.25, 0.3) is 0 Å². The summed E-state index contributed by atoms with van der Waals surface area (Å²) in [4.78, 5) is 2.50. The molecule has 1 aromatic rings. The Morgan fingerprint density at radius 2 is 2.25 bits per heavy atom. The fourth-order valence-corrected chi connectivity index (χ4v) is 2.43. The molecule has 2 saturated heterocycles. The number of hydrogen-bond acceptors (Lipinski definition) is 4. The molecule has 2 aliphatic heterocycles. The number of nitrogen functional groups attached to an aromatic ring is 1. The van der Waals surface area contributed by atoms with Gasteiger partial charge in [0, 0.05) is 19.3 Å². The number of nitrogens with two attached hydrogens (primary N) is 1. The summed E-state index contributed by atoms with van der Waals surface area (Å²) in [5.74, 6) is 0. The van der Waals surface area contributed by atoms with Gasteiger partial charge in [-0.3, -0.25) is 9.58 Å². The van der Waals surface area contributed by atoms with E-state index >= 15 is 0 Å². The minimum atomic E-state index is 0.483. The maximum atomic E-state index is 5.82. The molecule has 3 heterocycles. The average Bonchev–Trinajstić information content (AvgIpc) is 2.73. The van der Waals surface area contributed by atoms with Gasteiger partial charge in [-0.15, -0.1) is 0 Å². The SMILES string of the molecule is Cc1nn([C@@H]2CCN(C3COC3)C2)cc1N. The van der Waals surface area contributed by atoms with E-state index in [2.05, 4.69) is 10.00 Å². The van der Waals surface area contributed by atoms with Crippen LogP contribution in [-0.2, 0) is 4.74 Å². The van der Waals surface area contributed by atoms with Crippen molar-refractivity contribution in [3.63, 3.8) is 0 Å². The second kappa shape index (κ2) is 3.75. The normalized spacial score (nSPS) is 27.2. The first-order valence-electron chi connectivity index (χ1n) is 5.87. The van der Waals surface area contributed by atoms with Gasteiger partial charge in [0.1, 0.15) is 0 Å². The lowest BCUT2D eigenvalue weighted by Gasteiger charge is -2.34. The van der Waals surface area contributed by atoms with E-state index in [-0.39, 0.29) is 0 Å². The molecule has 5 nitrogen and oxygen atoms in total. The number of ether oxygens (including phenoxy) is 1. The Balaban J connectivity index is 1.68. The fraction of sp³-hybridized carbons (Fsp3) is 0.727. The smallest absolute Gasteiger partial charge is 0.0823 e. The lowest BCUT2D eigenvalue weighted by Crippen LogP contribution is -2.47. The topological polar surface area (TPSA) is 56.3 Å². The third-order valence-electron chi connectivity index (χ3n) is 3.66. The number of likely N-dealkylation sites (tertiary alicyclic amines) is 1. The lowest BCUT2D eigenvalue weighted by molar-refractivity contribution is -0.0579. The van der Waals surface area contributed by atoms with Gasteiger partial charge < -0.3 is 10.5 Å². The summed E-state index contributed by atoms with van der Waals surface area (Å²) >= 11 is 0. The highest BCUT2D eigenvalue weighted by molar-refractivity contribution is 5.39. The van der Waals surface area contributed by atoms with Crippen LogP contribution in [0.3, 0.4) is 0 Å². The molecule has 0 unspecified atom stereocenters. The van der Waals surface area contributed by atoms with Crippen molar-refractivity contribution < 1.29 is 4.74 Å². The molecule has 1 aromatic heterocycles. The Bertz CT molecular complexity index is 366. The van der Waals surface area contributed by atoms with Crippen molar-refractivity contribution in [2.24, 2.45) is 0 Å². The van der Waals surface area contributed by atoms with E-state index in [1.807, 2.05) is 17.8 Å². The first-order chi connectivity index (χ1) is 7.74. The van der Waals surface area contributed by atoms with E-state index in [1.165, 1.54) is 0 Å². The van der Waals surface area contributed by atoms with E-state index < -0.39 is 0 Å². The molecule has 0 amide bonds. The monoisotopic (exact) mass is 222 g/mol. The minimum absolute atomic E-state index is 0.483. The number of nitrogens with zero attached hydrogens (tertiary/aromatic N) is 3. The van der Waals surface area contributed by atoms with Gasteiger partial charge >= 0.3 is 0 Å². The largest absolute Gasteiger partial charge is 0.396 e. The molecule has 5 heteroatoms. The van der Waals surface area contributed by atoms with E-state index in [4.69, 9.17) is 10.5 Å². The molecule has 16 heavy (non-hydrogen) atoms. The van der Waals surface area contributed by atoms with Crippen molar-refractivity contribution in [2.75, 3.05) is 32.0 Å². The molecule has 0 aliphatic carbocycles. The molecule has 0 spiro atoms. The predicted octanol–water partition coefficient (Wildman–Crippen LogP) is 0.419. The summed E-state index contributed by atoms with van der Waals surface area (Å²) in [7, 11) is 0. The van der Waals surface area contributed by atoms with Crippen molar-refractivity contribution in [1.29, 1.82) is 0 Å². The summed E-state index contributed by atoms with van der Waals surface area (Å²) in [5, 5.41) is 4.46. The van der Waals surface area contributed by atoms with Gasteiger partial charge in [-0.1, -0.05) is 0 Å². The van der Waals surface area contributed by atoms with Gasteiger partial charge in [0.15, 0.2) is 0 Å². The van der Waals surface area contributed by atoms with Gasteiger partial charge in [-0.05, 0) is 13.3 Å². The van der Waals surface area contributed by atoms with E-state index in [0.29, 0.717) is 12.1 Å². The fourth-order valence-electron chi connectivity index (χ4n) is 2.43. The van der Waals surface area contributed by atoms with E-state index in [0.717, 1.165) is 44.1 Å². The quantitative estimate of drug-likeness (QED) is 0.788. The summed E-state index contributed by atoms with van der Waals surface area (Å²) in [6.07, 6.45) is 3.12. The van der Waals surface area contributed by atoms with Crippen molar-refractivity contribution in [2.45, 2.75) is 25.4 Å². The second-order valence-electron chi connectivity index (χ2n) is 4.78. The highest BCUT2D eigenvalue weighted by Crippen LogP contribution is 2.26. The number of hydrogen-bond donors (Lipinski definition) is 1. The zero-order valence-electron chi connectivity index (χ0n) is 9.59. The molecule has 0 saturated carbocycles. The molecular formula is C11H18N4O. The maximum Gasteiger partial charge on any atom is 0.0823 e. The van der Waals surface area contributed by atoms with Crippen LogP contribution in [0.1, 0.15) is 18.2 Å². The molecule has 1 atom stereocenters. The standard InChI is InChI=1S/C11H18N4O/c1-8-11(12)5-15(13-8)9-2-3-14(4-9)10-6-16-7-10/h5,9-10H,2-4,6-7,12H2,1H3/t9-/m1/s1. The van der Waals surface area contributed by atoms with Crippen LogP contribution in [0.15, 0.2) is 6.20 Å². The Labute approximate surface area is 95.2 Å². The van der Waals surface area contributed by atoms with Crippen LogP contribution in [-0.4, -0.2) is 47.0 Å². The highest BCUT2D eigenvalue weighted by atomic mass is 16.5. The number of aromatic nitrogens is 2. The zero-order valence-corrected chi connectivity index (χ0v) is 9.59.